The topological polar surface area (TPSA) is 4.93 Å². The second-order valence-electron chi connectivity index (χ2n) is 13.3. The standard InChI is InChI=1S/C48H29NS2/c1-2-10-30(11-3-1)31-12-8-13-35(26-31)49-43-18-6-4-14-37(43)40-27-32(20-23-44(40)49)33-21-24-47-42(28-33)39-17-9-16-36(48(39)51-47)34-22-25-46-41(29-34)38-15-5-7-19-45(38)50-46/h1-29H. The smallest absolute Gasteiger partial charge is 0.0541 e. The summed E-state index contributed by atoms with van der Waals surface area (Å²) in [6, 6.07) is 64.8. The van der Waals surface area contributed by atoms with Crippen molar-refractivity contribution in [3.63, 3.8) is 0 Å². The van der Waals surface area contributed by atoms with Gasteiger partial charge in [-0.15, -0.1) is 22.7 Å². The predicted molar refractivity (Wildman–Crippen MR) is 223 cm³/mol. The first-order chi connectivity index (χ1) is 25.3. The van der Waals surface area contributed by atoms with Gasteiger partial charge in [0, 0.05) is 56.8 Å². The Morgan fingerprint density at radius 3 is 1.80 bits per heavy atom. The molecule has 0 N–H and O–H groups in total. The lowest BCUT2D eigenvalue weighted by Crippen LogP contribution is -1.94. The molecule has 3 heteroatoms. The maximum Gasteiger partial charge on any atom is 0.0541 e. The van der Waals surface area contributed by atoms with Gasteiger partial charge in [-0.05, 0) is 94.0 Å². The lowest BCUT2D eigenvalue weighted by Gasteiger charge is -2.11. The Morgan fingerprint density at radius 2 is 0.902 bits per heavy atom. The summed E-state index contributed by atoms with van der Waals surface area (Å²) < 4.78 is 7.76. The van der Waals surface area contributed by atoms with E-state index < -0.39 is 0 Å². The van der Waals surface area contributed by atoms with Crippen LogP contribution >= 0.6 is 22.7 Å². The quantitative estimate of drug-likeness (QED) is 0.174. The Kier molecular flexibility index (Phi) is 6.36. The lowest BCUT2D eigenvalue weighted by molar-refractivity contribution is 1.18. The van der Waals surface area contributed by atoms with Crippen LogP contribution in [0.25, 0.3) is 101 Å². The molecule has 11 rings (SSSR count). The van der Waals surface area contributed by atoms with Gasteiger partial charge in [0.1, 0.15) is 0 Å². The van der Waals surface area contributed by atoms with Gasteiger partial charge in [-0.3, -0.25) is 0 Å². The van der Waals surface area contributed by atoms with Crippen molar-refractivity contribution >= 4 is 84.8 Å². The minimum absolute atomic E-state index is 1.17. The summed E-state index contributed by atoms with van der Waals surface area (Å²) in [5.74, 6) is 0. The number of fused-ring (bicyclic) bond motifs is 9. The van der Waals surface area contributed by atoms with E-state index in [1.807, 2.05) is 22.7 Å². The summed E-state index contributed by atoms with van der Waals surface area (Å²) in [6.07, 6.45) is 0. The number of benzene rings is 8. The molecule has 8 aromatic carbocycles. The van der Waals surface area contributed by atoms with E-state index in [0.717, 1.165) is 0 Å². The van der Waals surface area contributed by atoms with Crippen LogP contribution < -0.4 is 0 Å². The molecule has 238 valence electrons. The first kappa shape index (κ1) is 28.8. The van der Waals surface area contributed by atoms with Crippen molar-refractivity contribution in [1.29, 1.82) is 0 Å². The fourth-order valence-electron chi connectivity index (χ4n) is 7.98. The van der Waals surface area contributed by atoms with Crippen molar-refractivity contribution < 1.29 is 0 Å². The second kappa shape index (κ2) is 11.3. The molecule has 0 unspecified atom stereocenters. The van der Waals surface area contributed by atoms with E-state index >= 15 is 0 Å². The van der Waals surface area contributed by atoms with Gasteiger partial charge in [-0.1, -0.05) is 115 Å². The molecule has 0 bridgehead atoms. The fraction of sp³-hybridized carbons (Fsp3) is 0. The number of para-hydroxylation sites is 1. The Labute approximate surface area is 302 Å². The number of nitrogens with zero attached hydrogens (tertiary/aromatic N) is 1. The van der Waals surface area contributed by atoms with Gasteiger partial charge in [0.25, 0.3) is 0 Å². The van der Waals surface area contributed by atoms with E-state index in [1.54, 1.807) is 0 Å². The van der Waals surface area contributed by atoms with Crippen LogP contribution in [0.15, 0.2) is 176 Å². The molecule has 1 nitrogen and oxygen atoms in total. The van der Waals surface area contributed by atoms with E-state index in [0.29, 0.717) is 0 Å². The van der Waals surface area contributed by atoms with Crippen molar-refractivity contribution in [2.45, 2.75) is 0 Å². The molecule has 0 aliphatic rings. The van der Waals surface area contributed by atoms with Crippen molar-refractivity contribution in [3.8, 4) is 39.1 Å². The summed E-state index contributed by atoms with van der Waals surface area (Å²) in [4.78, 5) is 0. The average Bonchev–Trinajstić information content (AvgIpc) is 3.87. The lowest BCUT2D eigenvalue weighted by atomic mass is 9.98. The highest BCUT2D eigenvalue weighted by Crippen LogP contribution is 2.44. The molecule has 0 aliphatic carbocycles. The fourth-order valence-corrected chi connectivity index (χ4v) is 10.3. The van der Waals surface area contributed by atoms with Gasteiger partial charge in [0.05, 0.1) is 11.0 Å². The molecule has 0 spiro atoms. The normalized spacial score (nSPS) is 11.9. The van der Waals surface area contributed by atoms with Crippen LogP contribution in [0.5, 0.6) is 0 Å². The zero-order valence-electron chi connectivity index (χ0n) is 27.5. The molecule has 0 fully saturated rings. The molecule has 0 saturated heterocycles. The van der Waals surface area contributed by atoms with Gasteiger partial charge < -0.3 is 4.57 Å². The first-order valence-electron chi connectivity index (χ1n) is 17.3. The van der Waals surface area contributed by atoms with Crippen LogP contribution in [0.2, 0.25) is 0 Å². The third-order valence-corrected chi connectivity index (χ3v) is 12.8. The third kappa shape index (κ3) is 4.52. The molecule has 0 amide bonds. The molecular weight excluding hydrogens is 655 g/mol. The molecule has 0 aliphatic heterocycles. The van der Waals surface area contributed by atoms with Gasteiger partial charge >= 0.3 is 0 Å². The van der Waals surface area contributed by atoms with Crippen molar-refractivity contribution in [1.82, 2.24) is 4.57 Å². The van der Waals surface area contributed by atoms with Gasteiger partial charge in [-0.25, -0.2) is 0 Å². The summed E-state index contributed by atoms with van der Waals surface area (Å²) >= 11 is 3.78. The highest BCUT2D eigenvalue weighted by Gasteiger charge is 2.16. The Morgan fingerprint density at radius 1 is 0.314 bits per heavy atom. The average molecular weight is 684 g/mol. The number of rotatable bonds is 4. The van der Waals surface area contributed by atoms with E-state index in [-0.39, 0.29) is 0 Å². The minimum atomic E-state index is 1.17. The van der Waals surface area contributed by atoms with Gasteiger partial charge in [-0.2, -0.15) is 0 Å². The maximum atomic E-state index is 2.41. The molecular formula is C48H29NS2. The highest BCUT2D eigenvalue weighted by atomic mass is 32.1. The molecule has 3 aromatic heterocycles. The van der Waals surface area contributed by atoms with Crippen molar-refractivity contribution in [2.75, 3.05) is 0 Å². The first-order valence-corrected chi connectivity index (χ1v) is 19.0. The number of hydrogen-bond acceptors (Lipinski definition) is 2. The van der Waals surface area contributed by atoms with E-state index in [1.165, 1.54) is 101 Å². The minimum Gasteiger partial charge on any atom is -0.309 e. The number of hydrogen-bond donors (Lipinski definition) is 0. The van der Waals surface area contributed by atoms with Crippen LogP contribution in [-0.2, 0) is 0 Å². The Hall–Kier alpha value is -6.00. The van der Waals surface area contributed by atoms with E-state index in [9.17, 15) is 0 Å². The van der Waals surface area contributed by atoms with Crippen LogP contribution in [0.4, 0.5) is 0 Å². The second-order valence-corrected chi connectivity index (χ2v) is 15.4. The van der Waals surface area contributed by atoms with Crippen LogP contribution in [0.1, 0.15) is 0 Å². The molecule has 0 atom stereocenters. The summed E-state index contributed by atoms with van der Waals surface area (Å²) in [5, 5.41) is 7.85. The highest BCUT2D eigenvalue weighted by molar-refractivity contribution is 7.26. The zero-order chi connectivity index (χ0) is 33.5. The zero-order valence-corrected chi connectivity index (χ0v) is 29.1. The largest absolute Gasteiger partial charge is 0.309 e. The van der Waals surface area contributed by atoms with Crippen LogP contribution in [0.3, 0.4) is 0 Å². The molecule has 0 radical (unpaired) electrons. The predicted octanol–water partition coefficient (Wildman–Crippen LogP) is 14.5. The Bertz CT molecular complexity index is 3140. The molecule has 0 saturated carbocycles. The van der Waals surface area contributed by atoms with Crippen molar-refractivity contribution in [2.24, 2.45) is 0 Å². The number of thiophene rings is 2. The van der Waals surface area contributed by atoms with Gasteiger partial charge in [0.2, 0.25) is 0 Å². The summed E-state index contributed by atoms with van der Waals surface area (Å²) in [5.41, 5.74) is 11.1. The molecule has 11 aromatic rings. The van der Waals surface area contributed by atoms with Gasteiger partial charge in [0.15, 0.2) is 0 Å². The summed E-state index contributed by atoms with van der Waals surface area (Å²) in [6.45, 7) is 0. The summed E-state index contributed by atoms with van der Waals surface area (Å²) in [7, 11) is 0. The SMILES string of the molecule is c1ccc(-c2cccc(-n3c4ccccc4c4cc(-c5ccc6sc7c(-c8ccc9sc%10ccccc%10c9c8)cccc7c6c5)ccc43)c2)cc1. The maximum absolute atomic E-state index is 2.41. The molecule has 51 heavy (non-hydrogen) atoms. The van der Waals surface area contributed by atoms with Crippen LogP contribution in [-0.4, -0.2) is 4.57 Å². The van der Waals surface area contributed by atoms with Crippen LogP contribution in [0, 0.1) is 0 Å². The van der Waals surface area contributed by atoms with E-state index in [4.69, 9.17) is 0 Å². The molecule has 3 heterocycles. The van der Waals surface area contributed by atoms with Crippen molar-refractivity contribution in [3.05, 3.63) is 176 Å². The number of aromatic nitrogens is 1. The van der Waals surface area contributed by atoms with E-state index in [2.05, 4.69) is 180 Å². The Balaban J connectivity index is 1.04. The third-order valence-electron chi connectivity index (χ3n) is 10.4. The monoisotopic (exact) mass is 683 g/mol.